The molecule has 4 rings (SSSR count). The number of hydrogen-bond donors (Lipinski definition) is 1. The van der Waals surface area contributed by atoms with E-state index in [9.17, 15) is 14.7 Å². The number of aliphatic hydroxyl groups excluding tert-OH is 1. The third-order valence-electron chi connectivity index (χ3n) is 6.42. The number of aliphatic hydroxyl groups is 1. The number of ether oxygens (including phenoxy) is 4. The van der Waals surface area contributed by atoms with Crippen LogP contribution in [0.3, 0.4) is 0 Å². The number of imidazole rings is 1. The highest BCUT2D eigenvalue weighted by Crippen LogP contribution is 2.46. The summed E-state index contributed by atoms with van der Waals surface area (Å²) in [4.78, 5) is 32.3. The van der Waals surface area contributed by atoms with Crippen LogP contribution in [0, 0.1) is 0 Å². The highest BCUT2D eigenvalue weighted by molar-refractivity contribution is 6.46. The lowest BCUT2D eigenvalue weighted by molar-refractivity contribution is -0.139. The van der Waals surface area contributed by atoms with Crippen LogP contribution < -0.4 is 18.9 Å². The van der Waals surface area contributed by atoms with E-state index >= 15 is 0 Å². The van der Waals surface area contributed by atoms with Gasteiger partial charge >= 0.3 is 0 Å². The number of benzene rings is 2. The summed E-state index contributed by atoms with van der Waals surface area (Å²) in [5.74, 6) is -0.387. The van der Waals surface area contributed by atoms with E-state index in [1.807, 2.05) is 17.7 Å². The zero-order valence-corrected chi connectivity index (χ0v) is 22.9. The molecule has 0 aliphatic carbocycles. The third kappa shape index (κ3) is 5.51. The molecule has 2 aromatic carbocycles. The van der Waals surface area contributed by atoms with E-state index < -0.39 is 17.7 Å². The molecule has 2 heterocycles. The molecule has 1 amide bonds. The summed E-state index contributed by atoms with van der Waals surface area (Å²) >= 11 is 6.36. The maximum atomic E-state index is 13.4. The number of carbonyl (C=O) groups excluding carboxylic acids is 2. The molecule has 10 nitrogen and oxygen atoms in total. The molecule has 0 radical (unpaired) electrons. The summed E-state index contributed by atoms with van der Waals surface area (Å²) in [6.07, 6.45) is 5.71. The Morgan fingerprint density at radius 1 is 1.03 bits per heavy atom. The van der Waals surface area contributed by atoms with Gasteiger partial charge < -0.3 is 33.5 Å². The molecule has 206 valence electrons. The average molecular weight is 556 g/mol. The first kappa shape index (κ1) is 27.8. The predicted molar refractivity (Wildman–Crippen MR) is 145 cm³/mol. The summed E-state index contributed by atoms with van der Waals surface area (Å²) in [6, 6.07) is 7.10. The number of ketones is 1. The fraction of sp³-hybridized carbons (Fsp3) is 0.321. The molecule has 1 N–H and O–H groups in total. The van der Waals surface area contributed by atoms with E-state index in [0.29, 0.717) is 48.1 Å². The van der Waals surface area contributed by atoms with Crippen molar-refractivity contribution in [3.8, 4) is 23.0 Å². The summed E-state index contributed by atoms with van der Waals surface area (Å²) < 4.78 is 23.8. The Morgan fingerprint density at radius 3 is 2.31 bits per heavy atom. The first-order chi connectivity index (χ1) is 18.8. The SMILES string of the molecule is CCOc1ccc(/C(O)=C2\C(=O)C(=O)N(CCCn3ccnc3)[C@@H]2c2cc(OC)c(OC)c(OC)c2)cc1Cl. The molecule has 3 aromatic rings. The van der Waals surface area contributed by atoms with Gasteiger partial charge in [0.2, 0.25) is 5.75 Å². The number of carbonyl (C=O) groups is 2. The number of aromatic nitrogens is 2. The van der Waals surface area contributed by atoms with Crippen LogP contribution in [0.15, 0.2) is 54.6 Å². The molecule has 1 aromatic heterocycles. The van der Waals surface area contributed by atoms with Crippen molar-refractivity contribution in [1.82, 2.24) is 14.5 Å². The lowest BCUT2D eigenvalue weighted by Crippen LogP contribution is -2.31. The van der Waals surface area contributed by atoms with Crippen molar-refractivity contribution in [3.05, 3.63) is 70.8 Å². The molecule has 1 aliphatic heterocycles. The fourth-order valence-electron chi connectivity index (χ4n) is 4.64. The maximum Gasteiger partial charge on any atom is 0.295 e. The zero-order valence-electron chi connectivity index (χ0n) is 22.1. The lowest BCUT2D eigenvalue weighted by Gasteiger charge is -2.26. The minimum atomic E-state index is -0.924. The Kier molecular flexibility index (Phi) is 8.65. The molecule has 39 heavy (non-hydrogen) atoms. The Bertz CT molecular complexity index is 1360. The van der Waals surface area contributed by atoms with Gasteiger partial charge in [0.1, 0.15) is 11.5 Å². The lowest BCUT2D eigenvalue weighted by atomic mass is 9.94. The van der Waals surface area contributed by atoms with Crippen molar-refractivity contribution < 1.29 is 33.6 Å². The van der Waals surface area contributed by atoms with Crippen LogP contribution in [0.2, 0.25) is 5.02 Å². The van der Waals surface area contributed by atoms with E-state index in [1.54, 1.807) is 36.8 Å². The second-order valence-corrected chi connectivity index (χ2v) is 9.09. The molecule has 0 unspecified atom stereocenters. The maximum absolute atomic E-state index is 13.4. The Labute approximate surface area is 231 Å². The van der Waals surface area contributed by atoms with Crippen LogP contribution in [0.5, 0.6) is 23.0 Å². The molecule has 0 bridgehead atoms. The Morgan fingerprint density at radius 2 is 1.74 bits per heavy atom. The van der Waals surface area contributed by atoms with Crippen molar-refractivity contribution in [2.75, 3.05) is 34.5 Å². The number of nitrogens with zero attached hydrogens (tertiary/aromatic N) is 3. The summed E-state index contributed by atoms with van der Waals surface area (Å²) in [5.41, 5.74) is 0.708. The van der Waals surface area contributed by atoms with Crippen LogP contribution in [-0.2, 0) is 16.1 Å². The number of likely N-dealkylation sites (tertiary alicyclic amines) is 1. The van der Waals surface area contributed by atoms with E-state index in [-0.39, 0.29) is 28.5 Å². The number of rotatable bonds is 11. The van der Waals surface area contributed by atoms with Gasteiger partial charge in [0, 0.05) is 31.0 Å². The van der Waals surface area contributed by atoms with Gasteiger partial charge in [0.15, 0.2) is 11.5 Å². The predicted octanol–water partition coefficient (Wildman–Crippen LogP) is 4.47. The Balaban J connectivity index is 1.84. The molecule has 1 aliphatic rings. The van der Waals surface area contributed by atoms with Gasteiger partial charge in [-0.1, -0.05) is 11.6 Å². The summed E-state index contributed by atoms with van der Waals surface area (Å²) in [6.45, 7) is 3.07. The van der Waals surface area contributed by atoms with Crippen LogP contribution >= 0.6 is 11.6 Å². The van der Waals surface area contributed by atoms with Gasteiger partial charge in [-0.2, -0.15) is 0 Å². The first-order valence-electron chi connectivity index (χ1n) is 12.3. The fourth-order valence-corrected chi connectivity index (χ4v) is 4.87. The summed E-state index contributed by atoms with van der Waals surface area (Å²) in [5, 5.41) is 11.7. The van der Waals surface area contributed by atoms with Crippen molar-refractivity contribution in [2.24, 2.45) is 0 Å². The average Bonchev–Trinajstić information content (AvgIpc) is 3.55. The number of aryl methyl sites for hydroxylation is 1. The zero-order chi connectivity index (χ0) is 28.1. The molecular formula is C28H30ClN3O7. The van der Waals surface area contributed by atoms with Crippen molar-refractivity contribution in [1.29, 1.82) is 0 Å². The molecule has 11 heteroatoms. The van der Waals surface area contributed by atoms with Gasteiger partial charge in [0.25, 0.3) is 11.7 Å². The van der Waals surface area contributed by atoms with Gasteiger partial charge in [-0.25, -0.2) is 4.98 Å². The minimum absolute atomic E-state index is 0.0721. The third-order valence-corrected chi connectivity index (χ3v) is 6.72. The Hall–Kier alpha value is -4.18. The minimum Gasteiger partial charge on any atom is -0.507 e. The molecule has 1 saturated heterocycles. The van der Waals surface area contributed by atoms with Gasteiger partial charge in [-0.3, -0.25) is 9.59 Å². The molecular weight excluding hydrogens is 526 g/mol. The second-order valence-electron chi connectivity index (χ2n) is 8.68. The normalized spacial score (nSPS) is 16.4. The first-order valence-corrected chi connectivity index (χ1v) is 12.7. The van der Waals surface area contributed by atoms with Gasteiger partial charge in [-0.05, 0) is 49.2 Å². The highest BCUT2D eigenvalue weighted by Gasteiger charge is 2.46. The van der Waals surface area contributed by atoms with Crippen LogP contribution in [0.25, 0.3) is 5.76 Å². The van der Waals surface area contributed by atoms with Crippen molar-refractivity contribution in [3.63, 3.8) is 0 Å². The van der Waals surface area contributed by atoms with Crippen molar-refractivity contribution >= 4 is 29.1 Å². The second kappa shape index (κ2) is 12.1. The monoisotopic (exact) mass is 555 g/mol. The van der Waals surface area contributed by atoms with E-state index in [1.165, 1.54) is 32.3 Å². The summed E-state index contributed by atoms with van der Waals surface area (Å²) in [7, 11) is 4.44. The van der Waals surface area contributed by atoms with Gasteiger partial charge in [-0.15, -0.1) is 0 Å². The molecule has 0 saturated carbocycles. The van der Waals surface area contributed by atoms with Crippen LogP contribution in [0.1, 0.15) is 30.5 Å². The topological polar surface area (TPSA) is 112 Å². The number of amides is 1. The van der Waals surface area contributed by atoms with E-state index in [4.69, 9.17) is 30.5 Å². The van der Waals surface area contributed by atoms with E-state index in [0.717, 1.165) is 0 Å². The van der Waals surface area contributed by atoms with Crippen LogP contribution in [0.4, 0.5) is 0 Å². The number of hydrogen-bond acceptors (Lipinski definition) is 8. The molecule has 0 spiro atoms. The number of halogens is 1. The quantitative estimate of drug-likeness (QED) is 0.209. The molecule has 1 atom stereocenters. The molecule has 1 fully saturated rings. The largest absolute Gasteiger partial charge is 0.507 e. The van der Waals surface area contributed by atoms with Gasteiger partial charge in [0.05, 0.1) is 50.9 Å². The number of methoxy groups -OCH3 is 3. The number of Topliss-reactive ketones (excluding diaryl/α,β-unsaturated/α-hetero) is 1. The smallest absolute Gasteiger partial charge is 0.295 e. The highest BCUT2D eigenvalue weighted by atomic mass is 35.5. The van der Waals surface area contributed by atoms with Crippen molar-refractivity contribution in [2.45, 2.75) is 25.9 Å². The van der Waals surface area contributed by atoms with E-state index in [2.05, 4.69) is 4.98 Å². The van der Waals surface area contributed by atoms with Crippen LogP contribution in [-0.4, -0.2) is 65.7 Å². The standard InChI is InChI=1S/C28H30ClN3O7/c1-5-39-20-8-7-17(13-19(20)29)25(33)23-24(18-14-21(36-2)27(38-4)22(15-18)37-3)32(28(35)26(23)34)11-6-10-31-12-9-30-16-31/h7-9,12-16,24,33H,5-6,10-11H2,1-4H3/b25-23+/t24-/m1/s1.